The summed E-state index contributed by atoms with van der Waals surface area (Å²) in [5, 5.41) is 0. The first-order chi connectivity index (χ1) is 11.3. The van der Waals surface area contributed by atoms with Crippen molar-refractivity contribution in [3.05, 3.63) is 35.4 Å². The molecule has 1 atom stereocenters. The van der Waals surface area contributed by atoms with E-state index in [1.165, 1.54) is 6.07 Å². The van der Waals surface area contributed by atoms with Gasteiger partial charge in [-0.05, 0) is 43.9 Å². The van der Waals surface area contributed by atoms with E-state index >= 15 is 0 Å². The number of amides is 1. The molecular formula is C17H23NO5S. The molecule has 1 aromatic rings. The largest absolute Gasteiger partial charge is 0.452 e. The summed E-state index contributed by atoms with van der Waals surface area (Å²) in [7, 11) is -3.18. The molecule has 1 amide bonds. The van der Waals surface area contributed by atoms with Crippen LogP contribution in [0.1, 0.15) is 42.1 Å². The van der Waals surface area contributed by atoms with Gasteiger partial charge in [-0.3, -0.25) is 4.79 Å². The molecule has 1 fully saturated rings. The fraction of sp³-hybridized carbons (Fsp3) is 0.529. The van der Waals surface area contributed by atoms with Crippen LogP contribution in [-0.2, 0) is 25.1 Å². The highest BCUT2D eigenvalue weighted by molar-refractivity contribution is 7.89. The molecule has 0 saturated carbocycles. The number of nitrogens with zero attached hydrogens (tertiary/aromatic N) is 1. The maximum atomic E-state index is 12.2. The molecule has 2 rings (SSSR count). The van der Waals surface area contributed by atoms with Crippen molar-refractivity contribution in [2.24, 2.45) is 0 Å². The molecule has 6 nitrogen and oxygen atoms in total. The summed E-state index contributed by atoms with van der Waals surface area (Å²) < 4.78 is 27.8. The zero-order chi connectivity index (χ0) is 17.7. The second-order valence-electron chi connectivity index (χ2n) is 6.28. The molecule has 1 saturated heterocycles. The normalized spacial score (nSPS) is 18.2. The lowest BCUT2D eigenvalue weighted by Crippen LogP contribution is -2.44. The molecule has 24 heavy (non-hydrogen) atoms. The van der Waals surface area contributed by atoms with Gasteiger partial charge in [-0.15, -0.1) is 0 Å². The summed E-state index contributed by atoms with van der Waals surface area (Å²) in [4.78, 5) is 26.0. The molecule has 132 valence electrons. The van der Waals surface area contributed by atoms with Gasteiger partial charge in [0.1, 0.15) is 0 Å². The van der Waals surface area contributed by atoms with Crippen molar-refractivity contribution < 1.29 is 22.7 Å². The summed E-state index contributed by atoms with van der Waals surface area (Å²) in [6.07, 6.45) is 4.18. The Labute approximate surface area is 142 Å². The molecule has 0 N–H and O–H groups in total. The number of esters is 1. The first-order valence-electron chi connectivity index (χ1n) is 7.99. The van der Waals surface area contributed by atoms with Crippen LogP contribution in [0.2, 0.25) is 0 Å². The van der Waals surface area contributed by atoms with Crippen LogP contribution < -0.4 is 0 Å². The van der Waals surface area contributed by atoms with Crippen LogP contribution in [0.25, 0.3) is 0 Å². The van der Waals surface area contributed by atoms with Crippen molar-refractivity contribution in [3.63, 3.8) is 0 Å². The van der Waals surface area contributed by atoms with Crippen LogP contribution in [0.4, 0.5) is 0 Å². The Morgan fingerprint density at radius 2 is 2.04 bits per heavy atom. The number of carbonyl (C=O) groups excluding carboxylic acids is 2. The Kier molecular flexibility index (Phi) is 5.99. The van der Waals surface area contributed by atoms with E-state index in [4.69, 9.17) is 4.74 Å². The number of rotatable bonds is 5. The van der Waals surface area contributed by atoms with Gasteiger partial charge in [0.25, 0.3) is 5.91 Å². The molecule has 7 heteroatoms. The number of likely N-dealkylation sites (tertiary alicyclic amines) is 1. The monoisotopic (exact) mass is 353 g/mol. The molecule has 1 aliphatic rings. The number of carbonyl (C=O) groups is 2. The smallest absolute Gasteiger partial charge is 0.338 e. The number of sulfone groups is 1. The van der Waals surface area contributed by atoms with E-state index in [1.807, 2.05) is 6.92 Å². The minimum absolute atomic E-state index is 0.141. The lowest BCUT2D eigenvalue weighted by atomic mass is 10.0. The van der Waals surface area contributed by atoms with Gasteiger partial charge in [0.15, 0.2) is 16.4 Å². The summed E-state index contributed by atoms with van der Waals surface area (Å²) in [6.45, 7) is 2.40. The predicted molar refractivity (Wildman–Crippen MR) is 90.3 cm³/mol. The van der Waals surface area contributed by atoms with E-state index in [0.29, 0.717) is 12.1 Å². The highest BCUT2D eigenvalue weighted by atomic mass is 32.2. The first-order valence-corrected chi connectivity index (χ1v) is 10.1. The predicted octanol–water partition coefficient (Wildman–Crippen LogP) is 1.79. The van der Waals surface area contributed by atoms with E-state index in [2.05, 4.69) is 0 Å². The fourth-order valence-electron chi connectivity index (χ4n) is 2.85. The molecule has 1 unspecified atom stereocenters. The molecule has 1 heterocycles. The molecule has 0 radical (unpaired) electrons. The number of benzene rings is 1. The van der Waals surface area contributed by atoms with Crippen molar-refractivity contribution >= 4 is 21.7 Å². The number of piperidine rings is 1. The van der Waals surface area contributed by atoms with E-state index in [-0.39, 0.29) is 29.9 Å². The van der Waals surface area contributed by atoms with Gasteiger partial charge >= 0.3 is 5.97 Å². The first kappa shape index (κ1) is 18.4. The Hall–Kier alpha value is -1.89. The van der Waals surface area contributed by atoms with Gasteiger partial charge in [0, 0.05) is 18.8 Å². The van der Waals surface area contributed by atoms with Gasteiger partial charge in [0.2, 0.25) is 0 Å². The second kappa shape index (κ2) is 7.79. The Morgan fingerprint density at radius 3 is 2.71 bits per heavy atom. The SMILES string of the molecule is CC1CCCCN1C(=O)COC(=O)c1cccc(CS(C)(=O)=O)c1. The summed E-state index contributed by atoms with van der Waals surface area (Å²) >= 11 is 0. The summed E-state index contributed by atoms with van der Waals surface area (Å²) in [5.41, 5.74) is 0.763. The number of hydrogen-bond acceptors (Lipinski definition) is 5. The van der Waals surface area contributed by atoms with E-state index in [0.717, 1.165) is 25.5 Å². The Balaban J connectivity index is 1.95. The minimum atomic E-state index is -3.18. The maximum Gasteiger partial charge on any atom is 0.338 e. The highest BCUT2D eigenvalue weighted by Gasteiger charge is 2.24. The van der Waals surface area contributed by atoms with Crippen LogP contribution >= 0.6 is 0 Å². The van der Waals surface area contributed by atoms with Crippen molar-refractivity contribution in [2.75, 3.05) is 19.4 Å². The van der Waals surface area contributed by atoms with E-state index in [1.54, 1.807) is 23.1 Å². The van der Waals surface area contributed by atoms with Crippen LogP contribution in [0, 0.1) is 0 Å². The quantitative estimate of drug-likeness (QED) is 0.754. The molecule has 1 aromatic carbocycles. The van der Waals surface area contributed by atoms with Crippen molar-refractivity contribution in [2.45, 2.75) is 38.0 Å². The molecular weight excluding hydrogens is 330 g/mol. The van der Waals surface area contributed by atoms with Gasteiger partial charge in [-0.2, -0.15) is 0 Å². The molecule has 0 bridgehead atoms. The maximum absolute atomic E-state index is 12.2. The van der Waals surface area contributed by atoms with Crippen molar-refractivity contribution in [3.8, 4) is 0 Å². The Morgan fingerprint density at radius 1 is 1.29 bits per heavy atom. The van der Waals surface area contributed by atoms with Gasteiger partial charge in [-0.25, -0.2) is 13.2 Å². The standard InChI is InChI=1S/C17H23NO5S/c1-13-6-3-4-9-18(13)16(19)11-23-17(20)15-8-5-7-14(10-15)12-24(2,21)22/h5,7-8,10,13H,3-4,6,9,11-12H2,1-2H3. The molecule has 0 spiro atoms. The highest BCUT2D eigenvalue weighted by Crippen LogP contribution is 2.16. The van der Waals surface area contributed by atoms with Crippen LogP contribution in [-0.4, -0.2) is 50.6 Å². The van der Waals surface area contributed by atoms with Crippen LogP contribution in [0.5, 0.6) is 0 Å². The van der Waals surface area contributed by atoms with E-state index in [9.17, 15) is 18.0 Å². The third-order valence-corrected chi connectivity index (χ3v) is 4.90. The third-order valence-electron chi connectivity index (χ3n) is 4.04. The second-order valence-corrected chi connectivity index (χ2v) is 8.42. The topological polar surface area (TPSA) is 80.8 Å². The molecule has 0 aliphatic carbocycles. The van der Waals surface area contributed by atoms with Crippen molar-refractivity contribution in [1.82, 2.24) is 4.90 Å². The summed E-state index contributed by atoms with van der Waals surface area (Å²) in [5.74, 6) is -0.954. The van der Waals surface area contributed by atoms with Gasteiger partial charge in [-0.1, -0.05) is 12.1 Å². The summed E-state index contributed by atoms with van der Waals surface area (Å²) in [6, 6.07) is 6.44. The average Bonchev–Trinajstić information content (AvgIpc) is 2.51. The van der Waals surface area contributed by atoms with Crippen LogP contribution in [0.15, 0.2) is 24.3 Å². The van der Waals surface area contributed by atoms with E-state index < -0.39 is 15.8 Å². The average molecular weight is 353 g/mol. The third kappa shape index (κ3) is 5.33. The minimum Gasteiger partial charge on any atom is -0.452 e. The Bertz CT molecular complexity index is 713. The van der Waals surface area contributed by atoms with Gasteiger partial charge < -0.3 is 9.64 Å². The molecule has 0 aromatic heterocycles. The lowest BCUT2D eigenvalue weighted by Gasteiger charge is -2.33. The molecule has 1 aliphatic heterocycles. The number of hydrogen-bond donors (Lipinski definition) is 0. The number of ether oxygens (including phenoxy) is 1. The van der Waals surface area contributed by atoms with Gasteiger partial charge in [0.05, 0.1) is 11.3 Å². The zero-order valence-electron chi connectivity index (χ0n) is 14.0. The lowest BCUT2D eigenvalue weighted by molar-refractivity contribution is -0.137. The zero-order valence-corrected chi connectivity index (χ0v) is 14.8. The fourth-order valence-corrected chi connectivity index (χ4v) is 3.64. The van der Waals surface area contributed by atoms with Crippen molar-refractivity contribution in [1.29, 1.82) is 0 Å². The van der Waals surface area contributed by atoms with Crippen LogP contribution in [0.3, 0.4) is 0 Å².